The van der Waals surface area contributed by atoms with Crippen LogP contribution in [0.2, 0.25) is 0 Å². The van der Waals surface area contributed by atoms with Gasteiger partial charge in [0.25, 0.3) is 0 Å². The Bertz CT molecular complexity index is 588. The summed E-state index contributed by atoms with van der Waals surface area (Å²) < 4.78 is -0.352. The van der Waals surface area contributed by atoms with Gasteiger partial charge in [0.15, 0.2) is 5.78 Å². The fourth-order valence-corrected chi connectivity index (χ4v) is 3.81. The molecule has 1 fully saturated rings. The summed E-state index contributed by atoms with van der Waals surface area (Å²) in [6.07, 6.45) is 1.64. The topological polar surface area (TPSA) is 17.1 Å². The van der Waals surface area contributed by atoms with Crippen LogP contribution in [0.25, 0.3) is 0 Å². The minimum atomic E-state index is -0.352. The van der Waals surface area contributed by atoms with Crippen molar-refractivity contribution in [2.45, 2.75) is 29.4 Å². The second kappa shape index (κ2) is 4.86. The molecule has 2 aromatic carbocycles. The number of benzene rings is 2. The van der Waals surface area contributed by atoms with Gasteiger partial charge in [-0.2, -0.15) is 0 Å². The predicted octanol–water partition coefficient (Wildman–Crippen LogP) is 4.35. The zero-order valence-corrected chi connectivity index (χ0v) is 11.7. The van der Waals surface area contributed by atoms with Crippen LogP contribution >= 0.6 is 11.8 Å². The average Bonchev–Trinajstić information content (AvgIpc) is 2.45. The second-order valence-corrected chi connectivity index (χ2v) is 6.40. The summed E-state index contributed by atoms with van der Waals surface area (Å²) in [6.45, 7) is 2.07. The standard InChI is InChI=1S/C17H16OS/c1-13-7-9-14(10-8-13)17(12-11-16(17)18)19-15-5-3-2-4-6-15/h2-10H,11-12H2,1H3/t17-/m1/s1. The van der Waals surface area contributed by atoms with Gasteiger partial charge >= 0.3 is 0 Å². The van der Waals surface area contributed by atoms with Crippen LogP contribution in [-0.4, -0.2) is 5.78 Å². The zero-order chi connectivity index (χ0) is 13.3. The summed E-state index contributed by atoms with van der Waals surface area (Å²) in [5.41, 5.74) is 2.37. The highest BCUT2D eigenvalue weighted by Crippen LogP contribution is 2.52. The Balaban J connectivity index is 1.96. The largest absolute Gasteiger partial charge is 0.298 e. The summed E-state index contributed by atoms with van der Waals surface area (Å²) >= 11 is 1.70. The van der Waals surface area contributed by atoms with Gasteiger partial charge in [-0.3, -0.25) is 4.79 Å². The Hall–Kier alpha value is -1.54. The molecule has 0 bridgehead atoms. The molecule has 1 atom stereocenters. The second-order valence-electron chi connectivity index (χ2n) is 5.03. The minimum absolute atomic E-state index is 0.352. The minimum Gasteiger partial charge on any atom is -0.298 e. The van der Waals surface area contributed by atoms with E-state index < -0.39 is 0 Å². The van der Waals surface area contributed by atoms with Crippen molar-refractivity contribution in [3.8, 4) is 0 Å². The first-order valence-corrected chi connectivity index (χ1v) is 7.37. The van der Waals surface area contributed by atoms with E-state index in [-0.39, 0.29) is 4.75 Å². The van der Waals surface area contributed by atoms with Gasteiger partial charge < -0.3 is 0 Å². The highest BCUT2D eigenvalue weighted by Gasteiger charge is 2.48. The van der Waals surface area contributed by atoms with Gasteiger partial charge in [0, 0.05) is 11.3 Å². The lowest BCUT2D eigenvalue weighted by Crippen LogP contribution is -2.41. The molecule has 2 aromatic rings. The Morgan fingerprint density at radius 2 is 1.68 bits per heavy atom. The third-order valence-electron chi connectivity index (χ3n) is 3.71. The molecule has 0 saturated heterocycles. The van der Waals surface area contributed by atoms with E-state index in [1.54, 1.807) is 11.8 Å². The Morgan fingerprint density at radius 1 is 1.00 bits per heavy atom. The van der Waals surface area contributed by atoms with E-state index in [0.717, 1.165) is 16.9 Å². The van der Waals surface area contributed by atoms with E-state index in [1.165, 1.54) is 5.56 Å². The fourth-order valence-electron chi connectivity index (χ4n) is 2.44. The quantitative estimate of drug-likeness (QED) is 0.823. The fraction of sp³-hybridized carbons (Fsp3) is 0.235. The molecule has 0 aliphatic heterocycles. The number of aryl methyl sites for hydroxylation is 1. The van der Waals surface area contributed by atoms with Gasteiger partial charge in [-0.15, -0.1) is 11.8 Å². The molecule has 1 saturated carbocycles. The summed E-state index contributed by atoms with van der Waals surface area (Å²) in [4.78, 5) is 13.4. The number of thioether (sulfide) groups is 1. The molecule has 19 heavy (non-hydrogen) atoms. The van der Waals surface area contributed by atoms with E-state index >= 15 is 0 Å². The van der Waals surface area contributed by atoms with Crippen molar-refractivity contribution in [3.63, 3.8) is 0 Å². The van der Waals surface area contributed by atoms with Crippen LogP contribution in [-0.2, 0) is 9.54 Å². The predicted molar refractivity (Wildman–Crippen MR) is 79.4 cm³/mol. The smallest absolute Gasteiger partial charge is 0.153 e. The number of carbonyl (C=O) groups excluding carboxylic acids is 1. The zero-order valence-electron chi connectivity index (χ0n) is 10.9. The van der Waals surface area contributed by atoms with Gasteiger partial charge in [-0.25, -0.2) is 0 Å². The van der Waals surface area contributed by atoms with Crippen molar-refractivity contribution >= 4 is 17.5 Å². The number of hydrogen-bond donors (Lipinski definition) is 0. The normalized spacial score (nSPS) is 22.1. The van der Waals surface area contributed by atoms with Gasteiger partial charge in [-0.05, 0) is 31.0 Å². The lowest BCUT2D eigenvalue weighted by Gasteiger charge is -2.39. The van der Waals surface area contributed by atoms with Crippen LogP contribution in [0.3, 0.4) is 0 Å². The Labute approximate surface area is 118 Å². The molecule has 0 spiro atoms. The number of carbonyl (C=O) groups is 1. The third kappa shape index (κ3) is 2.21. The van der Waals surface area contributed by atoms with Crippen molar-refractivity contribution in [1.82, 2.24) is 0 Å². The molecule has 96 valence electrons. The molecule has 0 N–H and O–H groups in total. The molecule has 1 aliphatic rings. The van der Waals surface area contributed by atoms with Crippen LogP contribution in [0.5, 0.6) is 0 Å². The van der Waals surface area contributed by atoms with Crippen LogP contribution in [0.1, 0.15) is 24.0 Å². The Kier molecular flexibility index (Phi) is 3.19. The van der Waals surface area contributed by atoms with E-state index in [9.17, 15) is 4.79 Å². The summed E-state index contributed by atoms with van der Waals surface area (Å²) in [5.74, 6) is 0.352. The molecular weight excluding hydrogens is 252 g/mol. The maximum absolute atomic E-state index is 12.2. The third-order valence-corrected chi connectivity index (χ3v) is 5.23. The van der Waals surface area contributed by atoms with Crippen LogP contribution < -0.4 is 0 Å². The van der Waals surface area contributed by atoms with Crippen molar-refractivity contribution in [1.29, 1.82) is 0 Å². The molecule has 1 aliphatic carbocycles. The summed E-state index contributed by atoms with van der Waals surface area (Å²) in [5, 5.41) is 0. The van der Waals surface area contributed by atoms with Crippen LogP contribution in [0.15, 0.2) is 59.5 Å². The van der Waals surface area contributed by atoms with E-state index in [1.807, 2.05) is 18.2 Å². The van der Waals surface area contributed by atoms with Gasteiger partial charge in [0.05, 0.1) is 0 Å². The first-order valence-electron chi connectivity index (χ1n) is 6.55. The maximum atomic E-state index is 12.2. The highest BCUT2D eigenvalue weighted by molar-refractivity contribution is 8.01. The number of hydrogen-bond acceptors (Lipinski definition) is 2. The van der Waals surface area contributed by atoms with Crippen LogP contribution in [0, 0.1) is 6.92 Å². The van der Waals surface area contributed by atoms with Crippen molar-refractivity contribution in [2.24, 2.45) is 0 Å². The van der Waals surface area contributed by atoms with Crippen molar-refractivity contribution in [3.05, 3.63) is 65.7 Å². The van der Waals surface area contributed by atoms with E-state index in [2.05, 4.69) is 43.3 Å². The van der Waals surface area contributed by atoms with E-state index in [4.69, 9.17) is 0 Å². The molecule has 0 aromatic heterocycles. The molecule has 0 radical (unpaired) electrons. The van der Waals surface area contributed by atoms with Crippen molar-refractivity contribution in [2.75, 3.05) is 0 Å². The molecule has 0 unspecified atom stereocenters. The van der Waals surface area contributed by atoms with Crippen molar-refractivity contribution < 1.29 is 4.79 Å². The molecule has 0 amide bonds. The average molecular weight is 268 g/mol. The molecule has 1 nitrogen and oxygen atoms in total. The van der Waals surface area contributed by atoms with E-state index in [0.29, 0.717) is 12.2 Å². The summed E-state index contributed by atoms with van der Waals surface area (Å²) in [6, 6.07) is 18.6. The summed E-state index contributed by atoms with van der Waals surface area (Å²) in [7, 11) is 0. The monoisotopic (exact) mass is 268 g/mol. The van der Waals surface area contributed by atoms with Gasteiger partial charge in [-0.1, -0.05) is 48.0 Å². The van der Waals surface area contributed by atoms with Crippen LogP contribution in [0.4, 0.5) is 0 Å². The van der Waals surface area contributed by atoms with Gasteiger partial charge in [0.2, 0.25) is 0 Å². The van der Waals surface area contributed by atoms with Gasteiger partial charge in [0.1, 0.15) is 4.75 Å². The Morgan fingerprint density at radius 3 is 2.21 bits per heavy atom. The first kappa shape index (κ1) is 12.5. The highest BCUT2D eigenvalue weighted by atomic mass is 32.2. The number of rotatable bonds is 3. The lowest BCUT2D eigenvalue weighted by atomic mass is 9.77. The molecule has 0 heterocycles. The molecule has 2 heteroatoms. The molecular formula is C17H16OS. The number of ketones is 1. The first-order chi connectivity index (χ1) is 9.21. The maximum Gasteiger partial charge on any atom is 0.153 e. The number of Topliss-reactive ketones (excluding diaryl/α,β-unsaturated/α-hetero) is 1. The molecule has 3 rings (SSSR count). The lowest BCUT2D eigenvalue weighted by molar-refractivity contribution is -0.127. The SMILES string of the molecule is Cc1ccc([C@]2(Sc3ccccc3)CCC2=O)cc1.